The van der Waals surface area contributed by atoms with Crippen LogP contribution in [-0.4, -0.2) is 25.0 Å². The molecular formula is C19H17F3N2O3. The van der Waals surface area contributed by atoms with Crippen molar-refractivity contribution in [2.24, 2.45) is 0 Å². The van der Waals surface area contributed by atoms with E-state index in [-0.39, 0.29) is 11.6 Å². The average Bonchev–Trinajstić information content (AvgIpc) is 3.06. The lowest BCUT2D eigenvalue weighted by Gasteiger charge is -2.17. The van der Waals surface area contributed by atoms with Gasteiger partial charge in [0.05, 0.1) is 11.3 Å². The zero-order valence-corrected chi connectivity index (χ0v) is 14.3. The zero-order chi connectivity index (χ0) is 19.4. The lowest BCUT2D eigenvalue weighted by Crippen LogP contribution is -2.24. The summed E-state index contributed by atoms with van der Waals surface area (Å²) in [6.45, 7) is 0.167. The molecule has 1 saturated heterocycles. The summed E-state index contributed by atoms with van der Waals surface area (Å²) in [5.74, 6) is -0.338. The number of ether oxygens (including phenoxy) is 1. The normalized spacial score (nSPS) is 14.3. The number of benzene rings is 2. The summed E-state index contributed by atoms with van der Waals surface area (Å²) in [6, 6.07) is 11.4. The molecule has 0 saturated carbocycles. The number of anilines is 2. The highest BCUT2D eigenvalue weighted by Crippen LogP contribution is 2.34. The highest BCUT2D eigenvalue weighted by molar-refractivity contribution is 5.95. The number of alkyl halides is 3. The molecule has 27 heavy (non-hydrogen) atoms. The quantitative estimate of drug-likeness (QED) is 0.860. The molecule has 0 radical (unpaired) electrons. The van der Waals surface area contributed by atoms with Gasteiger partial charge in [0.2, 0.25) is 5.91 Å². The van der Waals surface area contributed by atoms with Crippen LogP contribution in [0.15, 0.2) is 48.5 Å². The fourth-order valence-corrected chi connectivity index (χ4v) is 2.84. The summed E-state index contributed by atoms with van der Waals surface area (Å²) in [4.78, 5) is 25.4. The van der Waals surface area contributed by atoms with E-state index in [4.69, 9.17) is 4.74 Å². The van der Waals surface area contributed by atoms with Crippen LogP contribution in [0.25, 0.3) is 0 Å². The van der Waals surface area contributed by atoms with Gasteiger partial charge in [-0.1, -0.05) is 18.2 Å². The van der Waals surface area contributed by atoms with Crippen molar-refractivity contribution in [2.45, 2.75) is 19.0 Å². The number of nitrogens with one attached hydrogen (secondary N) is 1. The lowest BCUT2D eigenvalue weighted by molar-refractivity contribution is -0.137. The number of carbonyl (C=O) groups is 2. The molecule has 0 aromatic heterocycles. The number of hydrogen-bond donors (Lipinski definition) is 1. The fraction of sp³-hybridized carbons (Fsp3) is 0.263. The fourth-order valence-electron chi connectivity index (χ4n) is 2.84. The SMILES string of the molecule is O=C(COc1cccc(N2CCCC2=O)c1)Nc1ccccc1C(F)(F)F. The van der Waals surface area contributed by atoms with Gasteiger partial charge in [0.15, 0.2) is 6.61 Å². The summed E-state index contributed by atoms with van der Waals surface area (Å²) in [5, 5.41) is 2.22. The third-order valence-electron chi connectivity index (χ3n) is 4.08. The molecule has 0 bridgehead atoms. The van der Waals surface area contributed by atoms with Crippen LogP contribution in [0.2, 0.25) is 0 Å². The van der Waals surface area contributed by atoms with E-state index in [0.29, 0.717) is 24.4 Å². The topological polar surface area (TPSA) is 58.6 Å². The third kappa shape index (κ3) is 4.58. The van der Waals surface area contributed by atoms with Gasteiger partial charge in [0, 0.05) is 24.7 Å². The number of nitrogens with zero attached hydrogens (tertiary/aromatic N) is 1. The van der Waals surface area contributed by atoms with Crippen molar-refractivity contribution in [3.63, 3.8) is 0 Å². The molecule has 1 fully saturated rings. The first kappa shape index (κ1) is 18.8. The first-order chi connectivity index (χ1) is 12.8. The minimum Gasteiger partial charge on any atom is -0.484 e. The number of carbonyl (C=O) groups excluding carboxylic acids is 2. The van der Waals surface area contributed by atoms with Crippen LogP contribution in [0.1, 0.15) is 18.4 Å². The van der Waals surface area contributed by atoms with E-state index in [0.717, 1.165) is 12.5 Å². The van der Waals surface area contributed by atoms with Crippen LogP contribution in [-0.2, 0) is 15.8 Å². The van der Waals surface area contributed by atoms with E-state index in [1.807, 2.05) is 0 Å². The van der Waals surface area contributed by atoms with E-state index in [9.17, 15) is 22.8 Å². The maximum atomic E-state index is 13.0. The van der Waals surface area contributed by atoms with E-state index >= 15 is 0 Å². The smallest absolute Gasteiger partial charge is 0.418 e. The third-order valence-corrected chi connectivity index (χ3v) is 4.08. The minimum atomic E-state index is -4.57. The Bertz CT molecular complexity index is 852. The van der Waals surface area contributed by atoms with Gasteiger partial charge in [-0.15, -0.1) is 0 Å². The molecule has 1 heterocycles. The Kier molecular flexibility index (Phi) is 5.34. The Hall–Kier alpha value is -3.03. The Morgan fingerprint density at radius 2 is 1.93 bits per heavy atom. The molecule has 2 amide bonds. The van der Waals surface area contributed by atoms with Crippen LogP contribution in [0.5, 0.6) is 5.75 Å². The van der Waals surface area contributed by atoms with Gasteiger partial charge < -0.3 is 15.0 Å². The number of para-hydroxylation sites is 1. The monoisotopic (exact) mass is 378 g/mol. The number of halogens is 3. The first-order valence-corrected chi connectivity index (χ1v) is 8.34. The number of amides is 2. The minimum absolute atomic E-state index is 0.0219. The first-order valence-electron chi connectivity index (χ1n) is 8.34. The predicted molar refractivity (Wildman–Crippen MR) is 93.6 cm³/mol. The molecule has 1 N–H and O–H groups in total. The van der Waals surface area contributed by atoms with Crippen LogP contribution in [0, 0.1) is 0 Å². The van der Waals surface area contributed by atoms with Crippen LogP contribution in [0.3, 0.4) is 0 Å². The van der Waals surface area contributed by atoms with Crippen LogP contribution < -0.4 is 15.0 Å². The Morgan fingerprint density at radius 1 is 1.15 bits per heavy atom. The zero-order valence-electron chi connectivity index (χ0n) is 14.3. The van der Waals surface area contributed by atoms with Crippen molar-refractivity contribution in [1.29, 1.82) is 0 Å². The molecule has 2 aromatic carbocycles. The lowest BCUT2D eigenvalue weighted by atomic mass is 10.1. The molecule has 5 nitrogen and oxygen atoms in total. The average molecular weight is 378 g/mol. The van der Waals surface area contributed by atoms with E-state index in [1.54, 1.807) is 29.2 Å². The van der Waals surface area contributed by atoms with Crippen molar-refractivity contribution >= 4 is 23.2 Å². The van der Waals surface area contributed by atoms with Crippen LogP contribution in [0.4, 0.5) is 24.5 Å². The van der Waals surface area contributed by atoms with Crippen molar-refractivity contribution in [3.8, 4) is 5.75 Å². The van der Waals surface area contributed by atoms with Gasteiger partial charge in [-0.25, -0.2) is 0 Å². The summed E-state index contributed by atoms with van der Waals surface area (Å²) in [6.07, 6.45) is -3.29. The van der Waals surface area contributed by atoms with E-state index in [2.05, 4.69) is 5.32 Å². The predicted octanol–water partition coefficient (Wildman–Crippen LogP) is 3.85. The second-order valence-corrected chi connectivity index (χ2v) is 6.03. The molecule has 8 heteroatoms. The Morgan fingerprint density at radius 3 is 2.63 bits per heavy atom. The van der Waals surface area contributed by atoms with Gasteiger partial charge in [0.25, 0.3) is 5.91 Å². The molecule has 1 aliphatic rings. The molecule has 142 valence electrons. The van der Waals surface area contributed by atoms with Crippen molar-refractivity contribution < 1.29 is 27.5 Å². The highest BCUT2D eigenvalue weighted by Gasteiger charge is 2.33. The van der Waals surface area contributed by atoms with Gasteiger partial charge >= 0.3 is 6.18 Å². The largest absolute Gasteiger partial charge is 0.484 e. The highest BCUT2D eigenvalue weighted by atomic mass is 19.4. The van der Waals surface area contributed by atoms with Gasteiger partial charge in [0.1, 0.15) is 5.75 Å². The van der Waals surface area contributed by atoms with E-state index in [1.165, 1.54) is 18.2 Å². The molecule has 0 unspecified atom stereocenters. The molecule has 3 rings (SSSR count). The molecule has 1 aliphatic heterocycles. The van der Waals surface area contributed by atoms with Gasteiger partial charge in [-0.3, -0.25) is 9.59 Å². The number of rotatable bonds is 5. The van der Waals surface area contributed by atoms with Gasteiger partial charge in [-0.05, 0) is 30.7 Å². The van der Waals surface area contributed by atoms with Crippen molar-refractivity contribution in [1.82, 2.24) is 0 Å². The molecule has 0 atom stereocenters. The van der Waals surface area contributed by atoms with Gasteiger partial charge in [-0.2, -0.15) is 13.2 Å². The maximum absolute atomic E-state index is 13.0. The van der Waals surface area contributed by atoms with E-state index < -0.39 is 24.3 Å². The van der Waals surface area contributed by atoms with Crippen LogP contribution >= 0.6 is 0 Å². The summed E-state index contributed by atoms with van der Waals surface area (Å²) < 4.78 is 44.2. The summed E-state index contributed by atoms with van der Waals surface area (Å²) in [5.41, 5.74) is -0.583. The number of hydrogen-bond acceptors (Lipinski definition) is 3. The second-order valence-electron chi connectivity index (χ2n) is 6.03. The summed E-state index contributed by atoms with van der Waals surface area (Å²) in [7, 11) is 0. The molecule has 0 aliphatic carbocycles. The molecule has 2 aromatic rings. The van der Waals surface area contributed by atoms with Crippen molar-refractivity contribution in [2.75, 3.05) is 23.4 Å². The molecule has 0 spiro atoms. The standard InChI is InChI=1S/C19H17F3N2O3/c20-19(21,22)15-7-1-2-8-16(15)23-17(25)12-27-14-6-3-5-13(11-14)24-10-4-9-18(24)26/h1-3,5-8,11H,4,9-10,12H2,(H,23,25). The Balaban J connectivity index is 1.63. The second kappa shape index (κ2) is 7.69. The molecular weight excluding hydrogens is 361 g/mol. The summed E-state index contributed by atoms with van der Waals surface area (Å²) >= 11 is 0. The van der Waals surface area contributed by atoms with Crippen molar-refractivity contribution in [3.05, 3.63) is 54.1 Å². The maximum Gasteiger partial charge on any atom is 0.418 e. The Labute approximate surface area is 153 Å².